The van der Waals surface area contributed by atoms with Gasteiger partial charge in [0.1, 0.15) is 5.75 Å². The van der Waals surface area contributed by atoms with E-state index >= 15 is 0 Å². The molecule has 0 fully saturated rings. The van der Waals surface area contributed by atoms with Gasteiger partial charge in [0.2, 0.25) is 0 Å². The van der Waals surface area contributed by atoms with Gasteiger partial charge in [-0.2, -0.15) is 0 Å². The van der Waals surface area contributed by atoms with Crippen molar-refractivity contribution in [3.8, 4) is 17.0 Å². The first kappa shape index (κ1) is 14.6. The number of aryl methyl sites for hydroxylation is 1. The second-order valence-electron chi connectivity index (χ2n) is 4.84. The first-order chi connectivity index (χ1) is 10.8. The van der Waals surface area contributed by atoms with Crippen LogP contribution in [-0.4, -0.2) is 12.1 Å². The highest BCUT2D eigenvalue weighted by Gasteiger charge is 2.12. The molecule has 0 atom stereocenters. The smallest absolute Gasteiger partial charge is 0.188 e. The fourth-order valence-electron chi connectivity index (χ4n) is 2.33. The Kier molecular flexibility index (Phi) is 4.39. The van der Waals surface area contributed by atoms with E-state index in [1.165, 1.54) is 4.88 Å². The second-order valence-corrected chi connectivity index (χ2v) is 5.92. The van der Waals surface area contributed by atoms with E-state index in [0.717, 1.165) is 34.2 Å². The Bertz CT molecular complexity index is 753. The normalized spacial score (nSPS) is 10.5. The summed E-state index contributed by atoms with van der Waals surface area (Å²) in [5, 5.41) is 4.26. The lowest BCUT2D eigenvalue weighted by Gasteiger charge is -2.08. The molecular formula is C18H18N2OS. The molecule has 3 aromatic rings. The number of benzene rings is 2. The Morgan fingerprint density at radius 1 is 1.05 bits per heavy atom. The third-order valence-corrected chi connectivity index (χ3v) is 4.53. The Labute approximate surface area is 134 Å². The molecule has 0 spiro atoms. The van der Waals surface area contributed by atoms with Crippen LogP contribution in [0.4, 0.5) is 10.8 Å². The molecule has 0 aliphatic heterocycles. The number of anilines is 2. The molecule has 1 N–H and O–H groups in total. The molecule has 0 saturated heterocycles. The molecule has 1 heterocycles. The zero-order valence-corrected chi connectivity index (χ0v) is 13.5. The van der Waals surface area contributed by atoms with E-state index < -0.39 is 0 Å². The first-order valence-corrected chi connectivity index (χ1v) is 8.08. The van der Waals surface area contributed by atoms with Gasteiger partial charge in [0, 0.05) is 10.4 Å². The maximum Gasteiger partial charge on any atom is 0.188 e. The molecule has 3 nitrogen and oxygen atoms in total. The average molecular weight is 310 g/mol. The quantitative estimate of drug-likeness (QED) is 0.710. The van der Waals surface area contributed by atoms with Gasteiger partial charge in [-0.25, -0.2) is 4.98 Å². The minimum absolute atomic E-state index is 0.817. The fraction of sp³-hybridized carbons (Fsp3) is 0.167. The summed E-state index contributed by atoms with van der Waals surface area (Å²) < 4.78 is 5.38. The lowest BCUT2D eigenvalue weighted by molar-refractivity contribution is 0.417. The zero-order valence-electron chi connectivity index (χ0n) is 12.7. The van der Waals surface area contributed by atoms with Crippen LogP contribution < -0.4 is 10.1 Å². The van der Waals surface area contributed by atoms with Crippen molar-refractivity contribution < 1.29 is 4.74 Å². The molecule has 112 valence electrons. The van der Waals surface area contributed by atoms with Crippen LogP contribution in [0.3, 0.4) is 0 Å². The summed E-state index contributed by atoms with van der Waals surface area (Å²) in [5.41, 5.74) is 3.15. The number of para-hydroxylation sites is 2. The Balaban J connectivity index is 1.94. The number of aromatic nitrogens is 1. The summed E-state index contributed by atoms with van der Waals surface area (Å²) in [5.74, 6) is 0.817. The van der Waals surface area contributed by atoms with Crippen LogP contribution in [0.25, 0.3) is 11.3 Å². The number of rotatable bonds is 5. The number of ether oxygens (including phenoxy) is 1. The average Bonchev–Trinajstić information content (AvgIpc) is 2.99. The number of nitrogens with zero attached hydrogens (tertiary/aromatic N) is 1. The predicted molar refractivity (Wildman–Crippen MR) is 93.2 cm³/mol. The van der Waals surface area contributed by atoms with Gasteiger partial charge in [0.05, 0.1) is 18.5 Å². The molecule has 0 bridgehead atoms. The van der Waals surface area contributed by atoms with Crippen molar-refractivity contribution in [3.05, 3.63) is 59.5 Å². The molecule has 0 aliphatic carbocycles. The van der Waals surface area contributed by atoms with Gasteiger partial charge in [0.15, 0.2) is 5.13 Å². The molecule has 4 heteroatoms. The van der Waals surface area contributed by atoms with Crippen LogP contribution >= 0.6 is 11.3 Å². The largest absolute Gasteiger partial charge is 0.495 e. The van der Waals surface area contributed by atoms with E-state index in [1.54, 1.807) is 18.4 Å². The third kappa shape index (κ3) is 2.97. The van der Waals surface area contributed by atoms with Crippen molar-refractivity contribution in [2.24, 2.45) is 0 Å². The predicted octanol–water partition coefficient (Wildman–Crippen LogP) is 5.12. The van der Waals surface area contributed by atoms with Crippen molar-refractivity contribution in [2.45, 2.75) is 13.3 Å². The van der Waals surface area contributed by atoms with Gasteiger partial charge in [-0.15, -0.1) is 11.3 Å². The van der Waals surface area contributed by atoms with Gasteiger partial charge in [-0.05, 0) is 18.6 Å². The Morgan fingerprint density at radius 2 is 1.77 bits per heavy atom. The van der Waals surface area contributed by atoms with Crippen LogP contribution in [0.15, 0.2) is 54.6 Å². The molecule has 0 aliphatic rings. The van der Waals surface area contributed by atoms with Crippen molar-refractivity contribution in [1.29, 1.82) is 0 Å². The molecule has 0 amide bonds. The second kappa shape index (κ2) is 6.62. The number of hydrogen-bond acceptors (Lipinski definition) is 4. The zero-order chi connectivity index (χ0) is 15.4. The number of methoxy groups -OCH3 is 1. The van der Waals surface area contributed by atoms with Crippen LogP contribution in [0.2, 0.25) is 0 Å². The van der Waals surface area contributed by atoms with Crippen LogP contribution in [-0.2, 0) is 6.42 Å². The summed E-state index contributed by atoms with van der Waals surface area (Å²) in [6.45, 7) is 2.16. The molecule has 2 aromatic carbocycles. The first-order valence-electron chi connectivity index (χ1n) is 7.27. The Morgan fingerprint density at radius 3 is 2.50 bits per heavy atom. The van der Waals surface area contributed by atoms with Gasteiger partial charge < -0.3 is 10.1 Å². The van der Waals surface area contributed by atoms with Crippen LogP contribution in [0, 0.1) is 0 Å². The minimum Gasteiger partial charge on any atom is -0.495 e. The van der Waals surface area contributed by atoms with Gasteiger partial charge >= 0.3 is 0 Å². The lowest BCUT2D eigenvalue weighted by Crippen LogP contribution is -1.93. The van der Waals surface area contributed by atoms with Crippen LogP contribution in [0.5, 0.6) is 5.75 Å². The molecule has 0 unspecified atom stereocenters. The highest BCUT2D eigenvalue weighted by molar-refractivity contribution is 7.16. The summed E-state index contributed by atoms with van der Waals surface area (Å²) in [7, 11) is 1.68. The molecule has 1 aromatic heterocycles. The fourth-order valence-corrected chi connectivity index (χ4v) is 3.27. The van der Waals surface area contributed by atoms with E-state index in [4.69, 9.17) is 9.72 Å². The number of hydrogen-bond donors (Lipinski definition) is 1. The third-order valence-electron chi connectivity index (χ3n) is 3.41. The van der Waals surface area contributed by atoms with Gasteiger partial charge in [-0.1, -0.05) is 49.4 Å². The molecular weight excluding hydrogens is 292 g/mol. The van der Waals surface area contributed by atoms with E-state index in [0.29, 0.717) is 0 Å². The number of thiazole rings is 1. The minimum atomic E-state index is 0.817. The van der Waals surface area contributed by atoms with Crippen molar-refractivity contribution in [1.82, 2.24) is 4.98 Å². The maximum atomic E-state index is 5.38. The van der Waals surface area contributed by atoms with E-state index in [2.05, 4.69) is 24.4 Å². The monoisotopic (exact) mass is 310 g/mol. The Hall–Kier alpha value is -2.33. The maximum absolute atomic E-state index is 5.38. The van der Waals surface area contributed by atoms with Crippen molar-refractivity contribution in [2.75, 3.05) is 12.4 Å². The highest BCUT2D eigenvalue weighted by atomic mass is 32.1. The standard InChI is InChI=1S/C18H18N2OS/c1-3-16-17(13-9-5-4-6-10-13)20-18(22-16)19-14-11-7-8-12-15(14)21-2/h4-12H,3H2,1-2H3,(H,19,20). The SMILES string of the molecule is CCc1sc(Nc2ccccc2OC)nc1-c1ccccc1. The van der Waals surface area contributed by atoms with Crippen molar-refractivity contribution in [3.63, 3.8) is 0 Å². The highest BCUT2D eigenvalue weighted by Crippen LogP contribution is 2.35. The summed E-state index contributed by atoms with van der Waals surface area (Å²) in [4.78, 5) is 6.05. The molecule has 0 saturated carbocycles. The van der Waals surface area contributed by atoms with E-state index in [9.17, 15) is 0 Å². The topological polar surface area (TPSA) is 34.1 Å². The van der Waals surface area contributed by atoms with Crippen molar-refractivity contribution >= 4 is 22.2 Å². The lowest BCUT2D eigenvalue weighted by atomic mass is 10.1. The molecule has 3 rings (SSSR count). The van der Waals surface area contributed by atoms with E-state index in [-0.39, 0.29) is 0 Å². The van der Waals surface area contributed by atoms with Gasteiger partial charge in [0.25, 0.3) is 0 Å². The van der Waals surface area contributed by atoms with Gasteiger partial charge in [-0.3, -0.25) is 0 Å². The summed E-state index contributed by atoms with van der Waals surface area (Å²) >= 11 is 1.69. The summed E-state index contributed by atoms with van der Waals surface area (Å²) in [6.07, 6.45) is 0.968. The summed E-state index contributed by atoms with van der Waals surface area (Å²) in [6, 6.07) is 18.2. The number of nitrogens with one attached hydrogen (secondary N) is 1. The van der Waals surface area contributed by atoms with Crippen LogP contribution in [0.1, 0.15) is 11.8 Å². The van der Waals surface area contributed by atoms with E-state index in [1.807, 2.05) is 42.5 Å². The molecule has 0 radical (unpaired) electrons. The molecule has 22 heavy (non-hydrogen) atoms.